The fourth-order valence-corrected chi connectivity index (χ4v) is 2.06. The molecule has 1 saturated carbocycles. The summed E-state index contributed by atoms with van der Waals surface area (Å²) < 4.78 is 11.2. The Morgan fingerprint density at radius 2 is 2.11 bits per heavy atom. The topological polar surface area (TPSA) is 56.3 Å². The van der Waals surface area contributed by atoms with Crippen LogP contribution >= 0.6 is 0 Å². The van der Waals surface area contributed by atoms with Gasteiger partial charge >= 0.3 is 0 Å². The molecule has 1 aromatic rings. The summed E-state index contributed by atoms with van der Waals surface area (Å²) in [6, 6.07) is 0. The fraction of sp³-hybridized carbons (Fsp3) is 0.692. The van der Waals surface area contributed by atoms with E-state index < -0.39 is 0 Å². The highest BCUT2D eigenvalue weighted by atomic mass is 16.5. The third kappa shape index (κ3) is 3.57. The molecule has 2 rings (SSSR count). The molecule has 0 atom stereocenters. The molecular formula is C13H21N3O2. The van der Waals surface area contributed by atoms with E-state index in [0.717, 1.165) is 31.7 Å². The number of hydrogen-bond donors (Lipinski definition) is 1. The van der Waals surface area contributed by atoms with Crippen LogP contribution in [0.1, 0.15) is 26.2 Å². The van der Waals surface area contributed by atoms with Gasteiger partial charge in [0, 0.05) is 0 Å². The minimum absolute atomic E-state index is 0.277. The van der Waals surface area contributed by atoms with E-state index in [2.05, 4.69) is 22.2 Å². The van der Waals surface area contributed by atoms with E-state index in [1.54, 1.807) is 12.4 Å². The molecule has 5 nitrogen and oxygen atoms in total. The zero-order valence-electron chi connectivity index (χ0n) is 11.1. The summed E-state index contributed by atoms with van der Waals surface area (Å²) in [4.78, 5) is 8.36. The molecule has 0 spiro atoms. The van der Waals surface area contributed by atoms with Gasteiger partial charge in [0.05, 0.1) is 19.0 Å². The van der Waals surface area contributed by atoms with Crippen LogP contribution in [0.4, 0.5) is 0 Å². The second kappa shape index (κ2) is 6.54. The molecule has 18 heavy (non-hydrogen) atoms. The number of ether oxygens (including phenoxy) is 2. The van der Waals surface area contributed by atoms with Crippen LogP contribution < -0.4 is 14.8 Å². The van der Waals surface area contributed by atoms with Crippen molar-refractivity contribution in [3.8, 4) is 11.8 Å². The standard InChI is InChI=1S/C13H21N3O2/c1-3-4-17-12-8-15-9-13(16-12)18-11-5-10(6-11)7-14-2/h8-11,14H,3-7H2,1-2H3. The summed E-state index contributed by atoms with van der Waals surface area (Å²) in [7, 11) is 1.98. The van der Waals surface area contributed by atoms with Crippen LogP contribution in [0.5, 0.6) is 11.8 Å². The third-order valence-corrected chi connectivity index (χ3v) is 3.02. The van der Waals surface area contributed by atoms with E-state index in [9.17, 15) is 0 Å². The number of rotatable bonds is 7. The average molecular weight is 251 g/mol. The van der Waals surface area contributed by atoms with Crippen molar-refractivity contribution in [3.63, 3.8) is 0 Å². The number of aromatic nitrogens is 2. The Balaban J connectivity index is 1.79. The van der Waals surface area contributed by atoms with E-state index in [-0.39, 0.29) is 6.10 Å². The molecule has 0 amide bonds. The highest BCUT2D eigenvalue weighted by molar-refractivity contribution is 5.13. The number of hydrogen-bond acceptors (Lipinski definition) is 5. The van der Waals surface area contributed by atoms with Crippen molar-refractivity contribution in [3.05, 3.63) is 12.4 Å². The Morgan fingerprint density at radius 1 is 1.33 bits per heavy atom. The van der Waals surface area contributed by atoms with Crippen molar-refractivity contribution >= 4 is 0 Å². The Morgan fingerprint density at radius 3 is 2.83 bits per heavy atom. The molecule has 1 heterocycles. The first-order valence-corrected chi connectivity index (χ1v) is 6.58. The van der Waals surface area contributed by atoms with Crippen molar-refractivity contribution in [1.29, 1.82) is 0 Å². The Kier molecular flexibility index (Phi) is 4.75. The van der Waals surface area contributed by atoms with Crippen LogP contribution in [0.25, 0.3) is 0 Å². The molecule has 1 aliphatic carbocycles. The molecule has 0 radical (unpaired) electrons. The summed E-state index contributed by atoms with van der Waals surface area (Å²) >= 11 is 0. The van der Waals surface area contributed by atoms with Gasteiger partial charge in [0.1, 0.15) is 6.10 Å². The molecule has 5 heteroatoms. The zero-order valence-corrected chi connectivity index (χ0v) is 11.1. The Labute approximate surface area is 108 Å². The van der Waals surface area contributed by atoms with Crippen LogP contribution in [0.15, 0.2) is 12.4 Å². The molecule has 0 saturated heterocycles. The van der Waals surface area contributed by atoms with Crippen molar-refractivity contribution in [1.82, 2.24) is 15.3 Å². The molecule has 1 aliphatic rings. The predicted molar refractivity (Wildman–Crippen MR) is 68.9 cm³/mol. The highest BCUT2D eigenvalue weighted by Gasteiger charge is 2.30. The van der Waals surface area contributed by atoms with Crippen molar-refractivity contribution < 1.29 is 9.47 Å². The number of nitrogens with one attached hydrogen (secondary N) is 1. The first kappa shape index (κ1) is 13.1. The second-order valence-electron chi connectivity index (χ2n) is 4.68. The zero-order chi connectivity index (χ0) is 12.8. The third-order valence-electron chi connectivity index (χ3n) is 3.02. The minimum Gasteiger partial charge on any atom is -0.477 e. The summed E-state index contributed by atoms with van der Waals surface area (Å²) in [6.45, 7) is 3.78. The summed E-state index contributed by atoms with van der Waals surface area (Å²) in [5.74, 6) is 1.84. The van der Waals surface area contributed by atoms with Gasteiger partial charge in [0.2, 0.25) is 11.8 Å². The van der Waals surface area contributed by atoms with Crippen molar-refractivity contribution in [2.75, 3.05) is 20.2 Å². The maximum absolute atomic E-state index is 5.77. The Hall–Kier alpha value is -1.36. The molecule has 1 fully saturated rings. The van der Waals surface area contributed by atoms with Gasteiger partial charge in [0.15, 0.2) is 0 Å². The highest BCUT2D eigenvalue weighted by Crippen LogP contribution is 2.30. The second-order valence-corrected chi connectivity index (χ2v) is 4.68. The predicted octanol–water partition coefficient (Wildman–Crippen LogP) is 1.64. The summed E-state index contributed by atoms with van der Waals surface area (Å²) in [5.41, 5.74) is 0. The molecular weight excluding hydrogens is 230 g/mol. The van der Waals surface area contributed by atoms with Gasteiger partial charge in [-0.15, -0.1) is 0 Å². The molecule has 0 unspecified atom stereocenters. The maximum atomic E-state index is 5.77. The maximum Gasteiger partial charge on any atom is 0.235 e. The lowest BCUT2D eigenvalue weighted by Crippen LogP contribution is -2.38. The fourth-order valence-electron chi connectivity index (χ4n) is 2.06. The number of nitrogens with zero attached hydrogens (tertiary/aromatic N) is 2. The van der Waals surface area contributed by atoms with E-state index in [0.29, 0.717) is 18.4 Å². The van der Waals surface area contributed by atoms with E-state index >= 15 is 0 Å². The van der Waals surface area contributed by atoms with Crippen molar-refractivity contribution in [2.45, 2.75) is 32.3 Å². The van der Waals surface area contributed by atoms with Crippen LogP contribution in [-0.4, -0.2) is 36.3 Å². The Bertz CT molecular complexity index is 367. The SMILES string of the molecule is CCCOc1cncc(OC2CC(CNC)C2)n1. The molecule has 0 aliphatic heterocycles. The van der Waals surface area contributed by atoms with Gasteiger partial charge in [-0.1, -0.05) is 6.92 Å². The van der Waals surface area contributed by atoms with Crippen LogP contribution in [0.3, 0.4) is 0 Å². The van der Waals surface area contributed by atoms with E-state index in [1.807, 2.05) is 7.05 Å². The largest absolute Gasteiger partial charge is 0.477 e. The molecule has 1 aromatic heterocycles. The van der Waals surface area contributed by atoms with E-state index in [4.69, 9.17) is 9.47 Å². The van der Waals surface area contributed by atoms with Gasteiger partial charge in [0.25, 0.3) is 0 Å². The summed E-state index contributed by atoms with van der Waals surface area (Å²) in [5, 5.41) is 3.18. The summed E-state index contributed by atoms with van der Waals surface area (Å²) in [6.07, 6.45) is 6.67. The monoisotopic (exact) mass is 251 g/mol. The smallest absolute Gasteiger partial charge is 0.235 e. The molecule has 0 bridgehead atoms. The van der Waals surface area contributed by atoms with E-state index in [1.165, 1.54) is 0 Å². The first-order chi connectivity index (χ1) is 8.81. The molecule has 1 N–H and O–H groups in total. The van der Waals surface area contributed by atoms with Crippen LogP contribution in [0, 0.1) is 5.92 Å². The quantitative estimate of drug-likeness (QED) is 0.798. The van der Waals surface area contributed by atoms with Gasteiger partial charge < -0.3 is 14.8 Å². The molecule has 100 valence electrons. The van der Waals surface area contributed by atoms with Crippen LogP contribution in [0.2, 0.25) is 0 Å². The molecule has 0 aromatic carbocycles. The van der Waals surface area contributed by atoms with Gasteiger partial charge in [-0.2, -0.15) is 4.98 Å². The van der Waals surface area contributed by atoms with Gasteiger partial charge in [-0.3, -0.25) is 4.98 Å². The van der Waals surface area contributed by atoms with Crippen molar-refractivity contribution in [2.24, 2.45) is 5.92 Å². The average Bonchev–Trinajstić information content (AvgIpc) is 2.34. The minimum atomic E-state index is 0.277. The van der Waals surface area contributed by atoms with Crippen LogP contribution in [-0.2, 0) is 0 Å². The van der Waals surface area contributed by atoms with Gasteiger partial charge in [-0.25, -0.2) is 0 Å². The lowest BCUT2D eigenvalue weighted by Gasteiger charge is -2.34. The normalized spacial score (nSPS) is 22.3. The lowest BCUT2D eigenvalue weighted by atomic mass is 9.82. The lowest BCUT2D eigenvalue weighted by molar-refractivity contribution is 0.0606. The first-order valence-electron chi connectivity index (χ1n) is 6.58. The van der Waals surface area contributed by atoms with Gasteiger partial charge in [-0.05, 0) is 38.8 Å².